The van der Waals surface area contributed by atoms with E-state index in [1.807, 2.05) is 0 Å². The second-order valence-electron chi connectivity index (χ2n) is 4.19. The molecule has 0 aliphatic heterocycles. The summed E-state index contributed by atoms with van der Waals surface area (Å²) >= 11 is 0. The first-order valence-corrected chi connectivity index (χ1v) is 6.18. The third kappa shape index (κ3) is 3.43. The molecule has 2 aromatic carbocycles. The molecule has 2 aromatic rings. The highest BCUT2D eigenvalue weighted by atomic mass is 16.7. The third-order valence-electron chi connectivity index (χ3n) is 2.66. The fourth-order valence-corrected chi connectivity index (χ4v) is 1.63. The van der Waals surface area contributed by atoms with Gasteiger partial charge in [-0.05, 0) is 30.8 Å². The van der Waals surface area contributed by atoms with Gasteiger partial charge < -0.3 is 19.7 Å². The van der Waals surface area contributed by atoms with Crippen molar-refractivity contribution >= 4 is 11.9 Å². The number of phenolic OH excluding ortho intramolecular Hbond substituents is 2. The number of para-hydroxylation sites is 2. The zero-order chi connectivity index (χ0) is 16.1. The molecule has 0 bridgehead atoms. The molecule has 22 heavy (non-hydrogen) atoms. The maximum atomic E-state index is 11.8. The second kappa shape index (κ2) is 6.45. The van der Waals surface area contributed by atoms with Crippen LogP contribution in [0.15, 0.2) is 61.1 Å². The van der Waals surface area contributed by atoms with E-state index in [-0.39, 0.29) is 22.6 Å². The van der Waals surface area contributed by atoms with Crippen molar-refractivity contribution in [3.8, 4) is 11.5 Å². The van der Waals surface area contributed by atoms with Gasteiger partial charge >= 0.3 is 11.9 Å². The number of benzene rings is 2. The molecule has 6 heteroatoms. The van der Waals surface area contributed by atoms with Gasteiger partial charge in [-0.15, -0.1) is 0 Å². The number of ether oxygens (including phenoxy) is 2. The zero-order valence-corrected chi connectivity index (χ0v) is 11.4. The summed E-state index contributed by atoms with van der Waals surface area (Å²) in [5.74, 6) is -2.96. The normalized spacial score (nSPS) is 9.82. The first-order valence-electron chi connectivity index (χ1n) is 6.18. The highest BCUT2D eigenvalue weighted by Crippen LogP contribution is 2.20. The van der Waals surface area contributed by atoms with Crippen LogP contribution in [0, 0.1) is 0 Å². The smallest absolute Gasteiger partial charge is 0.349 e. The quantitative estimate of drug-likeness (QED) is 0.666. The van der Waals surface area contributed by atoms with Gasteiger partial charge in [-0.2, -0.15) is 0 Å². The number of carbonyl (C=O) groups is 2. The summed E-state index contributed by atoms with van der Waals surface area (Å²) in [6.07, 6.45) is 0. The minimum absolute atomic E-state index is 0.0951. The molecule has 2 N–H and O–H groups in total. The predicted molar refractivity (Wildman–Crippen MR) is 76.2 cm³/mol. The van der Waals surface area contributed by atoms with E-state index in [0.29, 0.717) is 0 Å². The van der Waals surface area contributed by atoms with Crippen molar-refractivity contribution in [1.82, 2.24) is 0 Å². The molecular weight excluding hydrogens is 288 g/mol. The van der Waals surface area contributed by atoms with Gasteiger partial charge in [-0.1, -0.05) is 24.3 Å². The Labute approximate surface area is 125 Å². The average Bonchev–Trinajstić information content (AvgIpc) is 2.47. The maximum absolute atomic E-state index is 11.8. The Kier molecular flexibility index (Phi) is 4.43. The van der Waals surface area contributed by atoms with Gasteiger partial charge in [0.15, 0.2) is 0 Å². The summed E-state index contributed by atoms with van der Waals surface area (Å²) in [5, 5.41) is 19.0. The van der Waals surface area contributed by atoms with Crippen LogP contribution in [0.3, 0.4) is 0 Å². The molecule has 0 aromatic heterocycles. The molecule has 0 radical (unpaired) electrons. The lowest BCUT2D eigenvalue weighted by Gasteiger charge is -2.09. The summed E-state index contributed by atoms with van der Waals surface area (Å²) in [6, 6.07) is 11.5. The van der Waals surface area contributed by atoms with Crippen molar-refractivity contribution in [2.75, 3.05) is 0 Å². The molecular formula is C16H12O6. The van der Waals surface area contributed by atoms with E-state index in [9.17, 15) is 19.8 Å². The fourth-order valence-electron chi connectivity index (χ4n) is 1.63. The molecule has 0 saturated heterocycles. The topological polar surface area (TPSA) is 93.1 Å². The number of aromatic hydroxyl groups is 2. The fraction of sp³-hybridized carbons (Fsp3) is 0. The molecule has 0 aliphatic rings. The largest absolute Gasteiger partial charge is 0.507 e. The van der Waals surface area contributed by atoms with Crippen molar-refractivity contribution < 1.29 is 29.3 Å². The molecule has 0 unspecified atom stereocenters. The highest BCUT2D eigenvalue weighted by molar-refractivity contribution is 5.94. The van der Waals surface area contributed by atoms with Crippen molar-refractivity contribution in [3.63, 3.8) is 0 Å². The molecule has 0 saturated carbocycles. The Balaban J connectivity index is 2.02. The molecule has 0 spiro atoms. The maximum Gasteiger partial charge on any atom is 0.349 e. The van der Waals surface area contributed by atoms with Crippen LogP contribution in [0.25, 0.3) is 0 Å². The molecule has 0 amide bonds. The van der Waals surface area contributed by atoms with Crippen LogP contribution < -0.4 is 0 Å². The van der Waals surface area contributed by atoms with Crippen LogP contribution >= 0.6 is 0 Å². The highest BCUT2D eigenvalue weighted by Gasteiger charge is 2.18. The monoisotopic (exact) mass is 300 g/mol. The van der Waals surface area contributed by atoms with Gasteiger partial charge in [0.25, 0.3) is 5.95 Å². The molecule has 0 fully saturated rings. The van der Waals surface area contributed by atoms with Crippen molar-refractivity contribution in [2.24, 2.45) is 0 Å². The lowest BCUT2D eigenvalue weighted by Crippen LogP contribution is -2.11. The number of esters is 2. The third-order valence-corrected chi connectivity index (χ3v) is 2.66. The summed E-state index contributed by atoms with van der Waals surface area (Å²) < 4.78 is 9.46. The number of rotatable bonds is 4. The van der Waals surface area contributed by atoms with Crippen LogP contribution in [0.4, 0.5) is 0 Å². The van der Waals surface area contributed by atoms with Gasteiger partial charge in [0.05, 0.1) is 0 Å². The van der Waals surface area contributed by atoms with Crippen molar-refractivity contribution in [3.05, 3.63) is 72.2 Å². The van der Waals surface area contributed by atoms with E-state index in [2.05, 4.69) is 6.58 Å². The minimum Gasteiger partial charge on any atom is -0.507 e. The minimum atomic E-state index is -0.923. The SMILES string of the molecule is C=C(OC(=O)c1ccccc1O)OC(=O)c1ccccc1O. The summed E-state index contributed by atoms with van der Waals surface area (Å²) in [6.45, 7) is 3.30. The summed E-state index contributed by atoms with van der Waals surface area (Å²) in [4.78, 5) is 23.6. The Hall–Kier alpha value is -3.28. The van der Waals surface area contributed by atoms with Gasteiger partial charge in [-0.3, -0.25) is 0 Å². The lowest BCUT2D eigenvalue weighted by molar-refractivity contribution is 0.0238. The first-order chi connectivity index (χ1) is 10.5. The van der Waals surface area contributed by atoms with Crippen LogP contribution in [0.1, 0.15) is 20.7 Å². The van der Waals surface area contributed by atoms with Crippen LogP contribution in [0.5, 0.6) is 11.5 Å². The average molecular weight is 300 g/mol. The lowest BCUT2D eigenvalue weighted by atomic mass is 10.2. The molecule has 6 nitrogen and oxygen atoms in total. The Morgan fingerprint density at radius 3 is 1.50 bits per heavy atom. The number of hydrogen-bond acceptors (Lipinski definition) is 6. The van der Waals surface area contributed by atoms with Crippen molar-refractivity contribution in [1.29, 1.82) is 0 Å². The van der Waals surface area contributed by atoms with Crippen LogP contribution in [-0.4, -0.2) is 22.2 Å². The Bertz CT molecular complexity index is 673. The number of carbonyl (C=O) groups excluding carboxylic acids is 2. The van der Waals surface area contributed by atoms with Crippen LogP contribution in [0.2, 0.25) is 0 Å². The van der Waals surface area contributed by atoms with E-state index >= 15 is 0 Å². The first kappa shape index (κ1) is 15.1. The van der Waals surface area contributed by atoms with E-state index in [1.165, 1.54) is 36.4 Å². The molecule has 0 heterocycles. The Morgan fingerprint density at radius 2 is 1.14 bits per heavy atom. The second-order valence-corrected chi connectivity index (χ2v) is 4.19. The molecule has 0 atom stereocenters. The van der Waals surface area contributed by atoms with E-state index in [4.69, 9.17) is 9.47 Å². The zero-order valence-electron chi connectivity index (χ0n) is 11.4. The molecule has 2 rings (SSSR count). The van der Waals surface area contributed by atoms with Gasteiger partial charge in [0.1, 0.15) is 22.6 Å². The van der Waals surface area contributed by atoms with E-state index in [1.54, 1.807) is 12.1 Å². The van der Waals surface area contributed by atoms with Crippen LogP contribution in [-0.2, 0) is 9.47 Å². The molecule has 112 valence electrons. The van der Waals surface area contributed by atoms with Crippen molar-refractivity contribution in [2.45, 2.75) is 0 Å². The number of hydrogen-bond donors (Lipinski definition) is 2. The summed E-state index contributed by atoms with van der Waals surface area (Å²) in [7, 11) is 0. The van der Waals surface area contributed by atoms with Gasteiger partial charge in [-0.25, -0.2) is 9.59 Å². The Morgan fingerprint density at radius 1 is 0.773 bits per heavy atom. The number of phenols is 2. The predicted octanol–water partition coefficient (Wildman–Crippen LogP) is 2.58. The van der Waals surface area contributed by atoms with Gasteiger partial charge in [0, 0.05) is 0 Å². The van der Waals surface area contributed by atoms with E-state index < -0.39 is 17.9 Å². The van der Waals surface area contributed by atoms with Gasteiger partial charge in [0.2, 0.25) is 0 Å². The van der Waals surface area contributed by atoms with E-state index in [0.717, 1.165) is 0 Å². The standard InChI is InChI=1S/C16H12O6/c1-10(21-15(19)11-6-2-4-8-13(11)17)22-16(20)12-7-3-5-9-14(12)18/h2-9,17-18H,1H2. The molecule has 0 aliphatic carbocycles. The summed E-state index contributed by atoms with van der Waals surface area (Å²) in [5.41, 5.74) is -0.190.